The maximum absolute atomic E-state index is 13.3. The summed E-state index contributed by atoms with van der Waals surface area (Å²) in [4.78, 5) is 0. The molecule has 106 valence electrons. The van der Waals surface area contributed by atoms with Gasteiger partial charge in [-0.15, -0.1) is 0 Å². The molecule has 0 saturated carbocycles. The molecule has 0 spiro atoms. The van der Waals surface area contributed by atoms with Gasteiger partial charge in [0.25, 0.3) is 0 Å². The summed E-state index contributed by atoms with van der Waals surface area (Å²) < 4.78 is 19.1. The predicted octanol–water partition coefficient (Wildman–Crippen LogP) is 4.99. The van der Waals surface area contributed by atoms with Gasteiger partial charge in [-0.05, 0) is 46.9 Å². The van der Waals surface area contributed by atoms with Crippen molar-refractivity contribution in [3.8, 4) is 22.4 Å². The highest BCUT2D eigenvalue weighted by Gasteiger charge is 2.21. The first-order valence-corrected chi connectivity index (χ1v) is 7.49. The maximum Gasteiger partial charge on any atom is 0.230 e. The molecule has 0 aliphatic heterocycles. The molecule has 0 atom stereocenters. The molecular weight excluding hydrogens is 406 g/mol. The molecule has 0 fully saturated rings. The van der Waals surface area contributed by atoms with Crippen LogP contribution in [0.15, 0.2) is 47.0 Å². The molecule has 1 aromatic heterocycles. The molecule has 1 heterocycles. The molecule has 0 unspecified atom stereocenters. The van der Waals surface area contributed by atoms with Crippen LogP contribution < -0.4 is 5.73 Å². The molecule has 2 aromatic carbocycles. The Morgan fingerprint density at radius 2 is 1.90 bits per heavy atom. The van der Waals surface area contributed by atoms with Crippen molar-refractivity contribution in [2.24, 2.45) is 0 Å². The van der Waals surface area contributed by atoms with Gasteiger partial charge in [-0.25, -0.2) is 4.39 Å². The Balaban J connectivity index is 2.25. The zero-order chi connectivity index (χ0) is 15.0. The van der Waals surface area contributed by atoms with Crippen LogP contribution in [0.3, 0.4) is 0 Å². The van der Waals surface area contributed by atoms with E-state index in [1.165, 1.54) is 12.1 Å². The second kappa shape index (κ2) is 5.65. The molecule has 0 aliphatic rings. The predicted molar refractivity (Wildman–Crippen MR) is 89.5 cm³/mol. The minimum absolute atomic E-state index is 0.179. The summed E-state index contributed by atoms with van der Waals surface area (Å²) in [6.45, 7) is 0. The first kappa shape index (κ1) is 14.3. The lowest BCUT2D eigenvalue weighted by molar-refractivity contribution is 0.439. The Labute approximate surface area is 139 Å². The number of nitrogen functional groups attached to an aromatic ring is 1. The number of halogens is 3. The van der Waals surface area contributed by atoms with Gasteiger partial charge in [-0.1, -0.05) is 35.0 Å². The molecule has 0 amide bonds. The topological polar surface area (TPSA) is 52.0 Å². The number of anilines is 1. The van der Waals surface area contributed by atoms with Gasteiger partial charge in [0.15, 0.2) is 0 Å². The van der Waals surface area contributed by atoms with Crippen LogP contribution in [-0.4, -0.2) is 5.16 Å². The average molecular weight is 415 g/mol. The Morgan fingerprint density at radius 1 is 1.14 bits per heavy atom. The van der Waals surface area contributed by atoms with Crippen LogP contribution in [0.1, 0.15) is 0 Å². The molecule has 0 saturated heterocycles. The minimum Gasteiger partial charge on any atom is -0.367 e. The van der Waals surface area contributed by atoms with Crippen molar-refractivity contribution >= 4 is 40.1 Å². The minimum atomic E-state index is -0.307. The van der Waals surface area contributed by atoms with E-state index in [0.717, 1.165) is 11.1 Å². The first-order valence-electron chi connectivity index (χ1n) is 6.03. The summed E-state index contributed by atoms with van der Waals surface area (Å²) >= 11 is 8.27. The monoisotopic (exact) mass is 414 g/mol. The van der Waals surface area contributed by atoms with E-state index >= 15 is 0 Å². The molecule has 3 nitrogen and oxygen atoms in total. The second-order valence-corrected chi connectivity index (χ2v) is 5.94. The van der Waals surface area contributed by atoms with Crippen molar-refractivity contribution in [3.05, 3.63) is 56.9 Å². The maximum atomic E-state index is 13.3. The van der Waals surface area contributed by atoms with Gasteiger partial charge in [0.1, 0.15) is 11.5 Å². The molecule has 0 aliphatic carbocycles. The van der Waals surface area contributed by atoms with Gasteiger partial charge >= 0.3 is 0 Å². The van der Waals surface area contributed by atoms with E-state index < -0.39 is 0 Å². The van der Waals surface area contributed by atoms with Crippen molar-refractivity contribution in [2.45, 2.75) is 0 Å². The first-order chi connectivity index (χ1) is 10.1. The third kappa shape index (κ3) is 2.63. The number of hydrogen-bond acceptors (Lipinski definition) is 3. The average Bonchev–Trinajstić information content (AvgIpc) is 2.81. The van der Waals surface area contributed by atoms with Crippen LogP contribution in [0.4, 0.5) is 10.3 Å². The highest BCUT2D eigenvalue weighted by molar-refractivity contribution is 14.1. The molecule has 3 rings (SSSR count). The number of hydrogen-bond donors (Lipinski definition) is 1. The summed E-state index contributed by atoms with van der Waals surface area (Å²) in [6.07, 6.45) is 0. The third-order valence-corrected chi connectivity index (χ3v) is 4.27. The third-order valence-electron chi connectivity index (χ3n) is 3.05. The summed E-state index contributed by atoms with van der Waals surface area (Å²) in [6, 6.07) is 11.7. The lowest BCUT2D eigenvalue weighted by Crippen LogP contribution is -1.91. The zero-order valence-electron chi connectivity index (χ0n) is 10.6. The number of benzene rings is 2. The van der Waals surface area contributed by atoms with E-state index in [0.29, 0.717) is 19.9 Å². The second-order valence-electron chi connectivity index (χ2n) is 4.37. The molecular formula is C15H9ClFIN2O. The van der Waals surface area contributed by atoms with Gasteiger partial charge < -0.3 is 10.3 Å². The van der Waals surface area contributed by atoms with E-state index in [1.807, 2.05) is 40.8 Å². The van der Waals surface area contributed by atoms with Gasteiger partial charge in [0.2, 0.25) is 5.88 Å². The molecule has 0 radical (unpaired) electrons. The fourth-order valence-corrected chi connectivity index (χ4v) is 3.06. The summed E-state index contributed by atoms with van der Waals surface area (Å²) in [5, 5.41) is 4.56. The van der Waals surface area contributed by atoms with Crippen molar-refractivity contribution in [1.82, 2.24) is 5.16 Å². The Kier molecular flexibility index (Phi) is 3.86. The van der Waals surface area contributed by atoms with Crippen molar-refractivity contribution < 1.29 is 8.91 Å². The van der Waals surface area contributed by atoms with Crippen LogP contribution in [0.2, 0.25) is 5.02 Å². The van der Waals surface area contributed by atoms with Gasteiger partial charge in [0.05, 0.1) is 5.56 Å². The van der Waals surface area contributed by atoms with Gasteiger partial charge in [0, 0.05) is 19.7 Å². The fourth-order valence-electron chi connectivity index (χ4n) is 2.09. The van der Waals surface area contributed by atoms with Crippen LogP contribution in [0.5, 0.6) is 0 Å². The largest absolute Gasteiger partial charge is 0.367 e. The fraction of sp³-hybridized carbons (Fsp3) is 0. The van der Waals surface area contributed by atoms with Crippen molar-refractivity contribution in [3.63, 3.8) is 0 Å². The Hall–Kier alpha value is -1.60. The van der Waals surface area contributed by atoms with Crippen LogP contribution in [0, 0.1) is 9.39 Å². The van der Waals surface area contributed by atoms with Crippen molar-refractivity contribution in [2.75, 3.05) is 5.73 Å². The van der Waals surface area contributed by atoms with Crippen molar-refractivity contribution in [1.29, 1.82) is 0 Å². The Bertz CT molecular complexity index is 819. The van der Waals surface area contributed by atoms with Crippen LogP contribution >= 0.6 is 34.2 Å². The van der Waals surface area contributed by atoms with E-state index in [9.17, 15) is 4.39 Å². The van der Waals surface area contributed by atoms with E-state index in [4.69, 9.17) is 21.9 Å². The zero-order valence-corrected chi connectivity index (χ0v) is 13.5. The molecule has 2 N–H and O–H groups in total. The SMILES string of the molecule is Nc1onc(-c2ccc(F)cc2I)c1-c1ccccc1Cl. The molecule has 21 heavy (non-hydrogen) atoms. The highest BCUT2D eigenvalue weighted by Crippen LogP contribution is 2.40. The standard InChI is InChI=1S/C15H9ClFIN2O/c16-11-4-2-1-3-9(11)13-14(20-21-15(13)19)10-6-5-8(17)7-12(10)18/h1-7H,19H2. The quantitative estimate of drug-likeness (QED) is 0.601. The van der Waals surface area contributed by atoms with Gasteiger partial charge in [-0.2, -0.15) is 0 Å². The lowest BCUT2D eigenvalue weighted by atomic mass is 10.0. The van der Waals surface area contributed by atoms with E-state index in [-0.39, 0.29) is 11.7 Å². The lowest BCUT2D eigenvalue weighted by Gasteiger charge is -2.06. The summed E-state index contributed by atoms with van der Waals surface area (Å²) in [5.74, 6) is -0.128. The molecule has 3 aromatic rings. The highest BCUT2D eigenvalue weighted by atomic mass is 127. The van der Waals surface area contributed by atoms with E-state index in [1.54, 1.807) is 12.1 Å². The normalized spacial score (nSPS) is 10.8. The summed E-state index contributed by atoms with van der Waals surface area (Å²) in [5.41, 5.74) is 8.53. The smallest absolute Gasteiger partial charge is 0.230 e. The number of aromatic nitrogens is 1. The molecule has 0 bridgehead atoms. The van der Waals surface area contributed by atoms with E-state index in [2.05, 4.69) is 5.16 Å². The van der Waals surface area contributed by atoms with Crippen LogP contribution in [0.25, 0.3) is 22.4 Å². The number of nitrogens with zero attached hydrogens (tertiary/aromatic N) is 1. The Morgan fingerprint density at radius 3 is 2.62 bits per heavy atom. The van der Waals surface area contributed by atoms with Crippen LogP contribution in [-0.2, 0) is 0 Å². The molecule has 6 heteroatoms. The number of nitrogens with two attached hydrogens (primary N) is 1. The summed E-state index contributed by atoms with van der Waals surface area (Å²) in [7, 11) is 0. The number of rotatable bonds is 2. The van der Waals surface area contributed by atoms with Gasteiger partial charge in [-0.3, -0.25) is 0 Å².